The second kappa shape index (κ2) is 9.08. The molecule has 1 amide bonds. The molecule has 0 aliphatic heterocycles. The molecular formula is C18H20BrN3O3. The van der Waals surface area contributed by atoms with Crippen LogP contribution in [-0.2, 0) is 4.79 Å². The van der Waals surface area contributed by atoms with Crippen LogP contribution >= 0.6 is 15.9 Å². The van der Waals surface area contributed by atoms with E-state index in [2.05, 4.69) is 26.5 Å². The van der Waals surface area contributed by atoms with Crippen molar-refractivity contribution in [3.05, 3.63) is 52.5 Å². The molecule has 0 saturated carbocycles. The normalized spacial score (nSPS) is 10.6. The number of methoxy groups -OCH3 is 1. The molecule has 25 heavy (non-hydrogen) atoms. The Morgan fingerprint density at radius 2 is 1.92 bits per heavy atom. The van der Waals surface area contributed by atoms with Gasteiger partial charge in [-0.05, 0) is 35.9 Å². The lowest BCUT2D eigenvalue weighted by molar-refractivity contribution is -0.123. The first-order valence-electron chi connectivity index (χ1n) is 7.55. The van der Waals surface area contributed by atoms with Crippen molar-refractivity contribution in [3.8, 4) is 11.5 Å². The van der Waals surface area contributed by atoms with Gasteiger partial charge >= 0.3 is 0 Å². The predicted octanol–water partition coefficient (Wildman–Crippen LogP) is 3.05. The Labute approximate surface area is 155 Å². The van der Waals surface area contributed by atoms with Gasteiger partial charge in [-0.15, -0.1) is 0 Å². The molecule has 7 heteroatoms. The molecule has 0 bridgehead atoms. The SMILES string of the molecule is COc1cc(Br)ccc1OCC(=O)N/N=C\c1ccc(N(C)C)cc1. The minimum atomic E-state index is -0.355. The number of rotatable bonds is 7. The van der Waals surface area contributed by atoms with E-state index in [0.29, 0.717) is 11.5 Å². The summed E-state index contributed by atoms with van der Waals surface area (Å²) in [5.41, 5.74) is 4.42. The van der Waals surface area contributed by atoms with Gasteiger partial charge in [-0.2, -0.15) is 5.10 Å². The fraction of sp³-hybridized carbons (Fsp3) is 0.222. The number of carbonyl (C=O) groups is 1. The largest absolute Gasteiger partial charge is 0.493 e. The molecule has 0 unspecified atom stereocenters. The van der Waals surface area contributed by atoms with Crippen molar-refractivity contribution in [2.75, 3.05) is 32.7 Å². The van der Waals surface area contributed by atoms with Crippen LogP contribution in [0.15, 0.2) is 52.0 Å². The Kier molecular flexibility index (Phi) is 6.82. The van der Waals surface area contributed by atoms with Crippen LogP contribution in [0.2, 0.25) is 0 Å². The molecule has 0 radical (unpaired) electrons. The van der Waals surface area contributed by atoms with Crippen molar-refractivity contribution < 1.29 is 14.3 Å². The first-order chi connectivity index (χ1) is 12.0. The van der Waals surface area contributed by atoms with Crippen LogP contribution in [0.25, 0.3) is 0 Å². The lowest BCUT2D eigenvalue weighted by atomic mass is 10.2. The lowest BCUT2D eigenvalue weighted by Crippen LogP contribution is -2.24. The van der Waals surface area contributed by atoms with Crippen molar-refractivity contribution in [2.45, 2.75) is 0 Å². The molecular weight excluding hydrogens is 386 g/mol. The maximum atomic E-state index is 11.8. The molecule has 0 aromatic heterocycles. The number of halogens is 1. The van der Waals surface area contributed by atoms with E-state index in [9.17, 15) is 4.79 Å². The van der Waals surface area contributed by atoms with E-state index in [1.165, 1.54) is 0 Å². The molecule has 1 N–H and O–H groups in total. The molecule has 0 aliphatic carbocycles. The summed E-state index contributed by atoms with van der Waals surface area (Å²) in [4.78, 5) is 13.8. The summed E-state index contributed by atoms with van der Waals surface area (Å²) in [5.74, 6) is 0.682. The maximum Gasteiger partial charge on any atom is 0.277 e. The van der Waals surface area contributed by atoms with Gasteiger partial charge in [0.05, 0.1) is 13.3 Å². The number of anilines is 1. The number of nitrogens with zero attached hydrogens (tertiary/aromatic N) is 2. The molecule has 0 spiro atoms. The van der Waals surface area contributed by atoms with Gasteiger partial charge in [-0.1, -0.05) is 28.1 Å². The number of amides is 1. The van der Waals surface area contributed by atoms with Crippen LogP contribution in [0.1, 0.15) is 5.56 Å². The molecule has 2 rings (SSSR count). The third kappa shape index (κ3) is 5.79. The van der Waals surface area contributed by atoms with Gasteiger partial charge in [0.15, 0.2) is 18.1 Å². The standard InChI is InChI=1S/C18H20BrN3O3/c1-22(2)15-7-4-13(5-8-15)11-20-21-18(23)12-25-16-9-6-14(19)10-17(16)24-3/h4-11H,12H2,1-3H3,(H,21,23)/b20-11-. The maximum absolute atomic E-state index is 11.8. The monoisotopic (exact) mass is 405 g/mol. The van der Waals surface area contributed by atoms with E-state index < -0.39 is 0 Å². The van der Waals surface area contributed by atoms with E-state index >= 15 is 0 Å². The number of ether oxygens (including phenoxy) is 2. The van der Waals surface area contributed by atoms with Gasteiger partial charge in [0.2, 0.25) is 0 Å². The summed E-state index contributed by atoms with van der Waals surface area (Å²) >= 11 is 3.35. The molecule has 2 aromatic rings. The highest BCUT2D eigenvalue weighted by Gasteiger charge is 2.07. The highest BCUT2D eigenvalue weighted by Crippen LogP contribution is 2.29. The van der Waals surface area contributed by atoms with E-state index in [4.69, 9.17) is 9.47 Å². The summed E-state index contributed by atoms with van der Waals surface area (Å²) in [6.45, 7) is -0.158. The van der Waals surface area contributed by atoms with Gasteiger partial charge in [0, 0.05) is 24.3 Å². The number of nitrogens with one attached hydrogen (secondary N) is 1. The van der Waals surface area contributed by atoms with Gasteiger partial charge < -0.3 is 14.4 Å². The number of hydrogen-bond donors (Lipinski definition) is 1. The Morgan fingerprint density at radius 3 is 2.56 bits per heavy atom. The van der Waals surface area contributed by atoms with Crippen LogP contribution in [0.3, 0.4) is 0 Å². The zero-order valence-electron chi connectivity index (χ0n) is 14.3. The second-order valence-electron chi connectivity index (χ2n) is 5.36. The van der Waals surface area contributed by atoms with Crippen LogP contribution in [-0.4, -0.2) is 39.9 Å². The second-order valence-corrected chi connectivity index (χ2v) is 6.28. The van der Waals surface area contributed by atoms with Gasteiger partial charge in [0.25, 0.3) is 5.91 Å². The quantitative estimate of drug-likeness (QED) is 0.567. The number of hydrogen-bond acceptors (Lipinski definition) is 5. The predicted molar refractivity (Wildman–Crippen MR) is 103 cm³/mol. The zero-order chi connectivity index (χ0) is 18.2. The average Bonchev–Trinajstić information content (AvgIpc) is 2.61. The highest BCUT2D eigenvalue weighted by atomic mass is 79.9. The fourth-order valence-electron chi connectivity index (χ4n) is 1.97. The fourth-order valence-corrected chi connectivity index (χ4v) is 2.31. The van der Waals surface area contributed by atoms with E-state index in [0.717, 1.165) is 15.7 Å². The summed E-state index contributed by atoms with van der Waals surface area (Å²) in [6.07, 6.45) is 1.58. The number of benzene rings is 2. The Morgan fingerprint density at radius 1 is 1.20 bits per heavy atom. The molecule has 2 aromatic carbocycles. The minimum Gasteiger partial charge on any atom is -0.493 e. The molecule has 0 aliphatic rings. The van der Waals surface area contributed by atoms with Crippen molar-refractivity contribution in [3.63, 3.8) is 0 Å². The first-order valence-corrected chi connectivity index (χ1v) is 8.34. The number of hydrazone groups is 1. The molecule has 0 atom stereocenters. The van der Waals surface area contributed by atoms with Gasteiger partial charge in [-0.3, -0.25) is 4.79 Å². The van der Waals surface area contributed by atoms with Gasteiger partial charge in [0.1, 0.15) is 0 Å². The number of carbonyl (C=O) groups excluding carboxylic acids is 1. The van der Waals surface area contributed by atoms with Crippen LogP contribution < -0.4 is 19.8 Å². The minimum absolute atomic E-state index is 0.158. The molecule has 0 heterocycles. The molecule has 132 valence electrons. The Bertz CT molecular complexity index is 746. The van der Waals surface area contributed by atoms with E-state index in [1.807, 2.05) is 49.3 Å². The Hall–Kier alpha value is -2.54. The third-order valence-corrected chi connectivity index (χ3v) is 3.79. The lowest BCUT2D eigenvalue weighted by Gasteiger charge is -2.11. The zero-order valence-corrected chi connectivity index (χ0v) is 15.9. The molecule has 0 saturated heterocycles. The first kappa shape index (κ1) is 18.8. The van der Waals surface area contributed by atoms with Crippen molar-refractivity contribution >= 4 is 33.7 Å². The van der Waals surface area contributed by atoms with E-state index in [-0.39, 0.29) is 12.5 Å². The van der Waals surface area contributed by atoms with Crippen molar-refractivity contribution in [1.82, 2.24) is 5.43 Å². The highest BCUT2D eigenvalue weighted by molar-refractivity contribution is 9.10. The van der Waals surface area contributed by atoms with Gasteiger partial charge in [-0.25, -0.2) is 5.43 Å². The van der Waals surface area contributed by atoms with Crippen molar-refractivity contribution in [2.24, 2.45) is 5.10 Å². The summed E-state index contributed by atoms with van der Waals surface area (Å²) in [6, 6.07) is 13.1. The summed E-state index contributed by atoms with van der Waals surface area (Å²) in [5, 5.41) is 3.93. The average molecular weight is 406 g/mol. The van der Waals surface area contributed by atoms with Crippen LogP contribution in [0.5, 0.6) is 11.5 Å². The topological polar surface area (TPSA) is 63.2 Å². The van der Waals surface area contributed by atoms with Crippen molar-refractivity contribution in [1.29, 1.82) is 0 Å². The van der Waals surface area contributed by atoms with Crippen LogP contribution in [0.4, 0.5) is 5.69 Å². The Balaban J connectivity index is 1.84. The summed E-state index contributed by atoms with van der Waals surface area (Å²) < 4.78 is 11.5. The molecule has 6 nitrogen and oxygen atoms in total. The third-order valence-electron chi connectivity index (χ3n) is 3.30. The van der Waals surface area contributed by atoms with Crippen LogP contribution in [0, 0.1) is 0 Å². The summed E-state index contributed by atoms with van der Waals surface area (Å²) in [7, 11) is 5.49. The molecule has 0 fully saturated rings. The van der Waals surface area contributed by atoms with E-state index in [1.54, 1.807) is 25.5 Å². The smallest absolute Gasteiger partial charge is 0.277 e.